The summed E-state index contributed by atoms with van der Waals surface area (Å²) in [5, 5.41) is 2.72. The number of anilines is 2. The van der Waals surface area contributed by atoms with E-state index < -0.39 is 10.0 Å². The Morgan fingerprint density at radius 3 is 2.50 bits per heavy atom. The van der Waals surface area contributed by atoms with E-state index in [4.69, 9.17) is 4.74 Å². The smallest absolute Gasteiger partial charge is 0.261 e. The number of aromatic nitrogens is 1. The highest BCUT2D eigenvalue weighted by Crippen LogP contribution is 2.29. The fourth-order valence-electron chi connectivity index (χ4n) is 2.38. The van der Waals surface area contributed by atoms with Gasteiger partial charge in [-0.3, -0.25) is 14.5 Å². The molecule has 0 saturated heterocycles. The number of benzene rings is 2. The summed E-state index contributed by atoms with van der Waals surface area (Å²) in [5.41, 5.74) is 1.10. The second kappa shape index (κ2) is 8.41. The Bertz CT molecular complexity index is 1090. The lowest BCUT2D eigenvalue weighted by Crippen LogP contribution is -2.14. The van der Waals surface area contributed by atoms with Gasteiger partial charge in [-0.1, -0.05) is 15.9 Å². The third-order valence-electron chi connectivity index (χ3n) is 3.75. The normalized spacial score (nSPS) is 10.9. The number of pyridine rings is 1. The van der Waals surface area contributed by atoms with E-state index >= 15 is 0 Å². The van der Waals surface area contributed by atoms with Crippen molar-refractivity contribution in [2.45, 2.75) is 4.90 Å². The molecule has 1 aromatic heterocycles. The summed E-state index contributed by atoms with van der Waals surface area (Å²) in [5.74, 6) is -0.0390. The molecule has 3 aromatic rings. The molecule has 0 aliphatic rings. The van der Waals surface area contributed by atoms with Crippen LogP contribution in [0.25, 0.3) is 0 Å². The number of nitrogens with zero attached hydrogens (tertiary/aromatic N) is 1. The van der Waals surface area contributed by atoms with Crippen molar-refractivity contribution in [3.05, 3.63) is 77.0 Å². The van der Waals surface area contributed by atoms with E-state index in [-0.39, 0.29) is 10.8 Å². The van der Waals surface area contributed by atoms with Gasteiger partial charge >= 0.3 is 0 Å². The van der Waals surface area contributed by atoms with Crippen LogP contribution in [0.4, 0.5) is 11.4 Å². The molecule has 3 rings (SSSR count). The summed E-state index contributed by atoms with van der Waals surface area (Å²) >= 11 is 3.27. The van der Waals surface area contributed by atoms with Gasteiger partial charge in [0.2, 0.25) is 0 Å². The lowest BCUT2D eigenvalue weighted by Gasteiger charge is -2.13. The average molecular weight is 462 g/mol. The summed E-state index contributed by atoms with van der Waals surface area (Å²) in [6.07, 6.45) is 3.02. The molecule has 2 aromatic carbocycles. The second-order valence-corrected chi connectivity index (χ2v) is 8.27. The standard InChI is InChI=1S/C19H16BrN3O4S/c1-27-18-11-15(23-28(25,26)16-7-4-14(20)5-8-16)6-9-17(18)22-19(24)13-3-2-10-21-12-13/h2-12,23H,1H3,(H,22,24). The first-order valence-electron chi connectivity index (χ1n) is 8.07. The maximum Gasteiger partial charge on any atom is 0.261 e. The molecule has 0 bridgehead atoms. The van der Waals surface area contributed by atoms with E-state index in [1.165, 1.54) is 37.6 Å². The monoisotopic (exact) mass is 461 g/mol. The topological polar surface area (TPSA) is 97.4 Å². The Morgan fingerprint density at radius 2 is 1.86 bits per heavy atom. The van der Waals surface area contributed by atoms with Gasteiger partial charge in [-0.25, -0.2) is 8.42 Å². The zero-order chi connectivity index (χ0) is 20.1. The number of carbonyl (C=O) groups is 1. The van der Waals surface area contributed by atoms with Crippen molar-refractivity contribution in [3.63, 3.8) is 0 Å². The predicted octanol–water partition coefficient (Wildman–Crippen LogP) is 3.91. The van der Waals surface area contributed by atoms with E-state index in [0.717, 1.165) is 4.47 Å². The first-order valence-corrected chi connectivity index (χ1v) is 10.3. The number of halogens is 1. The van der Waals surface area contributed by atoms with Crippen molar-refractivity contribution in [2.24, 2.45) is 0 Å². The summed E-state index contributed by atoms with van der Waals surface area (Å²) in [6.45, 7) is 0. The zero-order valence-electron chi connectivity index (χ0n) is 14.7. The highest BCUT2D eigenvalue weighted by Gasteiger charge is 2.16. The molecule has 1 amide bonds. The van der Waals surface area contributed by atoms with Gasteiger partial charge in [0, 0.05) is 22.9 Å². The third kappa shape index (κ3) is 4.68. The maximum atomic E-state index is 12.5. The number of rotatable bonds is 6. The van der Waals surface area contributed by atoms with E-state index in [0.29, 0.717) is 22.7 Å². The molecule has 0 saturated carbocycles. The second-order valence-electron chi connectivity index (χ2n) is 5.67. The van der Waals surface area contributed by atoms with Crippen molar-refractivity contribution in [2.75, 3.05) is 17.1 Å². The molecule has 0 radical (unpaired) electrons. The number of methoxy groups -OCH3 is 1. The van der Waals surface area contributed by atoms with Gasteiger partial charge in [0.05, 0.1) is 28.9 Å². The molecule has 1 heterocycles. The summed E-state index contributed by atoms with van der Waals surface area (Å²) in [6, 6.07) is 14.2. The fourth-order valence-corrected chi connectivity index (χ4v) is 3.69. The Labute approximate surface area is 170 Å². The first-order chi connectivity index (χ1) is 13.4. The van der Waals surface area contributed by atoms with Gasteiger partial charge in [-0.15, -0.1) is 0 Å². The number of hydrogen-bond donors (Lipinski definition) is 2. The van der Waals surface area contributed by atoms with Crippen LogP contribution in [-0.4, -0.2) is 26.4 Å². The number of amides is 1. The highest BCUT2D eigenvalue weighted by atomic mass is 79.9. The van der Waals surface area contributed by atoms with E-state index in [2.05, 4.69) is 31.0 Å². The van der Waals surface area contributed by atoms with Crippen molar-refractivity contribution < 1.29 is 17.9 Å². The molecule has 0 unspecified atom stereocenters. The van der Waals surface area contributed by atoms with Crippen LogP contribution in [-0.2, 0) is 10.0 Å². The molecule has 0 aliphatic heterocycles. The Hall–Kier alpha value is -2.91. The number of hydrogen-bond acceptors (Lipinski definition) is 5. The Kier molecular flexibility index (Phi) is 5.96. The van der Waals surface area contributed by atoms with Crippen LogP contribution in [0.2, 0.25) is 0 Å². The van der Waals surface area contributed by atoms with Crippen molar-refractivity contribution in [1.29, 1.82) is 0 Å². The molecule has 0 spiro atoms. The number of nitrogens with one attached hydrogen (secondary N) is 2. The lowest BCUT2D eigenvalue weighted by molar-refractivity contribution is 0.102. The predicted molar refractivity (Wildman–Crippen MR) is 110 cm³/mol. The van der Waals surface area contributed by atoms with Crippen LogP contribution < -0.4 is 14.8 Å². The van der Waals surface area contributed by atoms with Crippen LogP contribution in [0, 0.1) is 0 Å². The van der Waals surface area contributed by atoms with Crippen molar-refractivity contribution in [3.8, 4) is 5.75 Å². The van der Waals surface area contributed by atoms with Gasteiger partial charge in [-0.05, 0) is 48.5 Å². The number of ether oxygens (including phenoxy) is 1. The summed E-state index contributed by atoms with van der Waals surface area (Å²) < 4.78 is 33.6. The Balaban J connectivity index is 1.81. The van der Waals surface area contributed by atoms with E-state index in [1.54, 1.807) is 36.5 Å². The van der Waals surface area contributed by atoms with Crippen molar-refractivity contribution in [1.82, 2.24) is 4.98 Å². The molecular formula is C19H16BrN3O4S. The zero-order valence-corrected chi connectivity index (χ0v) is 17.1. The van der Waals surface area contributed by atoms with Crippen LogP contribution in [0.5, 0.6) is 5.75 Å². The summed E-state index contributed by atoms with van der Waals surface area (Å²) in [7, 11) is -2.32. The minimum absolute atomic E-state index is 0.128. The van der Waals surface area contributed by atoms with E-state index in [9.17, 15) is 13.2 Å². The molecule has 9 heteroatoms. The number of sulfonamides is 1. The highest BCUT2D eigenvalue weighted by molar-refractivity contribution is 9.10. The molecule has 2 N–H and O–H groups in total. The van der Waals surface area contributed by atoms with Gasteiger partial charge in [0.15, 0.2) is 0 Å². The van der Waals surface area contributed by atoms with Crippen LogP contribution in [0.1, 0.15) is 10.4 Å². The van der Waals surface area contributed by atoms with Gasteiger partial charge in [-0.2, -0.15) is 0 Å². The minimum atomic E-state index is -3.76. The fraction of sp³-hybridized carbons (Fsp3) is 0.0526. The quantitative estimate of drug-likeness (QED) is 0.579. The van der Waals surface area contributed by atoms with Gasteiger partial charge < -0.3 is 10.1 Å². The summed E-state index contributed by atoms with van der Waals surface area (Å²) in [4.78, 5) is 16.3. The number of carbonyl (C=O) groups excluding carboxylic acids is 1. The lowest BCUT2D eigenvalue weighted by atomic mass is 10.2. The maximum absolute atomic E-state index is 12.5. The molecule has 0 fully saturated rings. The van der Waals surface area contributed by atoms with Crippen molar-refractivity contribution >= 4 is 43.2 Å². The molecule has 7 nitrogen and oxygen atoms in total. The molecule has 0 aliphatic carbocycles. The SMILES string of the molecule is COc1cc(NS(=O)(=O)c2ccc(Br)cc2)ccc1NC(=O)c1cccnc1. The first kappa shape index (κ1) is 19.8. The molecule has 144 valence electrons. The Morgan fingerprint density at radius 1 is 1.11 bits per heavy atom. The van der Waals surface area contributed by atoms with Crippen LogP contribution in [0.3, 0.4) is 0 Å². The third-order valence-corrected chi connectivity index (χ3v) is 5.68. The van der Waals surface area contributed by atoms with Gasteiger partial charge in [0.1, 0.15) is 5.75 Å². The molecule has 28 heavy (non-hydrogen) atoms. The molecular weight excluding hydrogens is 446 g/mol. The largest absolute Gasteiger partial charge is 0.494 e. The molecule has 0 atom stereocenters. The average Bonchev–Trinajstić information content (AvgIpc) is 2.69. The van der Waals surface area contributed by atoms with Crippen LogP contribution >= 0.6 is 15.9 Å². The van der Waals surface area contributed by atoms with Crippen LogP contribution in [0.15, 0.2) is 76.4 Å². The van der Waals surface area contributed by atoms with E-state index in [1.807, 2.05) is 0 Å². The minimum Gasteiger partial charge on any atom is -0.494 e. The van der Waals surface area contributed by atoms with Gasteiger partial charge in [0.25, 0.3) is 15.9 Å².